The summed E-state index contributed by atoms with van der Waals surface area (Å²) in [5.41, 5.74) is 7.78. The average Bonchev–Trinajstić information content (AvgIpc) is 2.91. The van der Waals surface area contributed by atoms with E-state index in [1.165, 1.54) is 16.9 Å². The largest absolute Gasteiger partial charge is 0.336 e. The van der Waals surface area contributed by atoms with Gasteiger partial charge in [-0.25, -0.2) is 4.98 Å². The molecule has 2 aromatic rings. The van der Waals surface area contributed by atoms with Gasteiger partial charge in [-0.05, 0) is 24.8 Å². The predicted molar refractivity (Wildman–Crippen MR) is 115 cm³/mol. The molecule has 0 unspecified atom stereocenters. The third kappa shape index (κ3) is 7.23. The van der Waals surface area contributed by atoms with Gasteiger partial charge >= 0.3 is 0 Å². The number of thiazole rings is 1. The van der Waals surface area contributed by atoms with E-state index < -0.39 is 0 Å². The topological polar surface area (TPSA) is 59.2 Å². The molecule has 1 amide bonds. The van der Waals surface area contributed by atoms with Gasteiger partial charge in [0.2, 0.25) is 0 Å². The number of amides is 1. The van der Waals surface area contributed by atoms with Gasteiger partial charge in [0.1, 0.15) is 4.88 Å². The van der Waals surface area contributed by atoms with E-state index in [0.29, 0.717) is 25.6 Å². The second-order valence-electron chi connectivity index (χ2n) is 6.44. The van der Waals surface area contributed by atoms with Crippen molar-refractivity contribution < 1.29 is 4.79 Å². The number of carbonyl (C=O) groups is 1. The van der Waals surface area contributed by atoms with Gasteiger partial charge in [-0.3, -0.25) is 4.79 Å². The Morgan fingerprint density at radius 1 is 1.19 bits per heavy atom. The molecule has 0 saturated heterocycles. The lowest BCUT2D eigenvalue weighted by atomic mass is 10.1. The van der Waals surface area contributed by atoms with Crippen LogP contribution in [0.2, 0.25) is 0 Å². The van der Waals surface area contributed by atoms with Crippen molar-refractivity contribution in [3.63, 3.8) is 0 Å². The van der Waals surface area contributed by atoms with Crippen molar-refractivity contribution in [1.29, 1.82) is 0 Å². The molecule has 0 radical (unpaired) electrons. The van der Waals surface area contributed by atoms with Gasteiger partial charge in [-0.2, -0.15) is 0 Å². The number of nitrogens with two attached hydrogens (primary N) is 1. The van der Waals surface area contributed by atoms with Crippen molar-refractivity contribution in [2.45, 2.75) is 33.6 Å². The number of aryl methyl sites for hydroxylation is 1. The molecular weight excluding hydrogens is 389 g/mol. The fourth-order valence-corrected chi connectivity index (χ4v) is 3.85. The molecule has 0 fully saturated rings. The number of hydrogen-bond acceptors (Lipinski definition) is 4. The summed E-state index contributed by atoms with van der Waals surface area (Å²) in [6.07, 6.45) is 1.75. The highest BCUT2D eigenvalue weighted by atomic mass is 35.5. The average molecular weight is 418 g/mol. The second-order valence-corrected chi connectivity index (χ2v) is 7.52. The maximum Gasteiger partial charge on any atom is 0.265 e. The first-order valence-electron chi connectivity index (χ1n) is 8.50. The number of rotatable bonds is 8. The molecule has 0 atom stereocenters. The Labute approximate surface area is 173 Å². The molecule has 1 aromatic carbocycles. The van der Waals surface area contributed by atoms with Gasteiger partial charge in [-0.15, -0.1) is 36.2 Å². The molecule has 0 aliphatic carbocycles. The van der Waals surface area contributed by atoms with E-state index in [9.17, 15) is 4.79 Å². The maximum absolute atomic E-state index is 12.9. The summed E-state index contributed by atoms with van der Waals surface area (Å²) in [5.74, 6) is 0.595. The van der Waals surface area contributed by atoms with Crippen LogP contribution >= 0.6 is 36.2 Å². The summed E-state index contributed by atoms with van der Waals surface area (Å²) < 4.78 is 0. The van der Waals surface area contributed by atoms with Crippen LogP contribution in [0.3, 0.4) is 0 Å². The Bertz CT molecular complexity index is 662. The third-order valence-corrected chi connectivity index (χ3v) is 4.99. The van der Waals surface area contributed by atoms with Crippen molar-refractivity contribution in [2.75, 3.05) is 19.6 Å². The number of aromatic nitrogens is 1. The minimum absolute atomic E-state index is 0. The Kier molecular flexibility index (Phi) is 11.7. The molecule has 26 heavy (non-hydrogen) atoms. The molecule has 7 heteroatoms. The lowest BCUT2D eigenvalue weighted by molar-refractivity contribution is 0.0766. The second kappa shape index (κ2) is 12.3. The zero-order valence-corrected chi connectivity index (χ0v) is 18.1. The summed E-state index contributed by atoms with van der Waals surface area (Å²) in [7, 11) is 0. The number of halogens is 2. The maximum atomic E-state index is 12.9. The van der Waals surface area contributed by atoms with E-state index in [1.807, 2.05) is 30.0 Å². The zero-order chi connectivity index (χ0) is 17.5. The summed E-state index contributed by atoms with van der Waals surface area (Å²) in [6.45, 7) is 7.97. The SMILES string of the molecule is Cc1nc(CC(C)C)sc1C(=O)N(CCN)CCc1ccccc1.Cl.Cl. The predicted octanol–water partition coefficient (Wildman–Crippen LogP) is 4.14. The van der Waals surface area contributed by atoms with E-state index in [0.717, 1.165) is 28.4 Å². The summed E-state index contributed by atoms with van der Waals surface area (Å²) >= 11 is 1.53. The minimum atomic E-state index is 0. The first-order valence-corrected chi connectivity index (χ1v) is 9.32. The molecule has 1 aromatic heterocycles. The highest BCUT2D eigenvalue weighted by molar-refractivity contribution is 7.13. The van der Waals surface area contributed by atoms with Gasteiger partial charge in [-0.1, -0.05) is 44.2 Å². The van der Waals surface area contributed by atoms with Crippen LogP contribution in [-0.2, 0) is 12.8 Å². The summed E-state index contributed by atoms with van der Waals surface area (Å²) in [4.78, 5) is 20.1. The van der Waals surface area contributed by atoms with Crippen LogP contribution in [0, 0.1) is 12.8 Å². The number of nitrogens with zero attached hydrogens (tertiary/aromatic N) is 2. The standard InChI is InChI=1S/C19H27N3OS.2ClH/c1-14(2)13-17-21-15(3)18(24-17)19(23)22(12-10-20)11-9-16-7-5-4-6-8-16;;/h4-8,14H,9-13,20H2,1-3H3;2*1H. The lowest BCUT2D eigenvalue weighted by Gasteiger charge is -2.21. The number of benzene rings is 1. The normalized spacial score (nSPS) is 10.2. The third-order valence-electron chi connectivity index (χ3n) is 3.82. The van der Waals surface area contributed by atoms with Gasteiger partial charge < -0.3 is 10.6 Å². The van der Waals surface area contributed by atoms with Crippen molar-refractivity contribution in [1.82, 2.24) is 9.88 Å². The smallest absolute Gasteiger partial charge is 0.265 e. The summed E-state index contributed by atoms with van der Waals surface area (Å²) in [6, 6.07) is 10.2. The van der Waals surface area contributed by atoms with E-state index in [4.69, 9.17) is 5.73 Å². The quantitative estimate of drug-likeness (QED) is 0.701. The van der Waals surface area contributed by atoms with Crippen molar-refractivity contribution in [2.24, 2.45) is 11.7 Å². The first-order chi connectivity index (χ1) is 11.5. The molecule has 0 aliphatic rings. The van der Waals surface area contributed by atoms with Gasteiger partial charge in [0.15, 0.2) is 0 Å². The van der Waals surface area contributed by atoms with E-state index in [1.54, 1.807) is 0 Å². The fraction of sp³-hybridized carbons (Fsp3) is 0.474. The van der Waals surface area contributed by atoms with Crippen molar-refractivity contribution in [3.05, 3.63) is 51.5 Å². The Morgan fingerprint density at radius 3 is 2.42 bits per heavy atom. The molecule has 1 heterocycles. The fourth-order valence-electron chi connectivity index (χ4n) is 2.61. The summed E-state index contributed by atoms with van der Waals surface area (Å²) in [5, 5.41) is 1.04. The monoisotopic (exact) mass is 417 g/mol. The van der Waals surface area contributed by atoms with Crippen LogP contribution in [0.1, 0.15) is 39.8 Å². The molecular formula is C19H29Cl2N3OS. The minimum Gasteiger partial charge on any atom is -0.336 e. The number of carbonyl (C=O) groups excluding carboxylic acids is 1. The Morgan fingerprint density at radius 2 is 1.85 bits per heavy atom. The molecule has 0 saturated carbocycles. The lowest BCUT2D eigenvalue weighted by Crippen LogP contribution is -2.36. The first kappa shape index (κ1) is 24.9. The van der Waals surface area contributed by atoms with Crippen molar-refractivity contribution >= 4 is 42.1 Å². The van der Waals surface area contributed by atoms with Crippen LogP contribution < -0.4 is 5.73 Å². The molecule has 0 spiro atoms. The molecule has 146 valence electrons. The Balaban J connectivity index is 0.00000312. The van der Waals surface area contributed by atoms with Crippen LogP contribution in [0.4, 0.5) is 0 Å². The van der Waals surface area contributed by atoms with E-state index in [2.05, 4.69) is 31.0 Å². The van der Waals surface area contributed by atoms with Crippen molar-refractivity contribution in [3.8, 4) is 0 Å². The van der Waals surface area contributed by atoms with Gasteiger partial charge in [0.25, 0.3) is 5.91 Å². The van der Waals surface area contributed by atoms with Gasteiger partial charge in [0.05, 0.1) is 10.7 Å². The Hall–Kier alpha value is -1.14. The molecule has 4 nitrogen and oxygen atoms in total. The van der Waals surface area contributed by atoms with Crippen LogP contribution in [-0.4, -0.2) is 35.4 Å². The zero-order valence-electron chi connectivity index (χ0n) is 15.6. The van der Waals surface area contributed by atoms with E-state index in [-0.39, 0.29) is 30.7 Å². The van der Waals surface area contributed by atoms with E-state index >= 15 is 0 Å². The highest BCUT2D eigenvalue weighted by Gasteiger charge is 2.21. The van der Waals surface area contributed by atoms with Gasteiger partial charge in [0, 0.05) is 26.1 Å². The molecule has 0 bridgehead atoms. The van der Waals surface area contributed by atoms with Crippen LogP contribution in [0.15, 0.2) is 30.3 Å². The molecule has 2 N–H and O–H groups in total. The highest BCUT2D eigenvalue weighted by Crippen LogP contribution is 2.22. The van der Waals surface area contributed by atoms with Crippen LogP contribution in [0.25, 0.3) is 0 Å². The molecule has 2 rings (SSSR count). The molecule has 0 aliphatic heterocycles. The number of hydrogen-bond donors (Lipinski definition) is 1. The van der Waals surface area contributed by atoms with Crippen LogP contribution in [0.5, 0.6) is 0 Å².